The lowest BCUT2D eigenvalue weighted by Gasteiger charge is -2.37. The molecule has 1 heterocycles. The molecule has 0 aromatic heterocycles. The molecular weight excluding hydrogens is 332 g/mol. The van der Waals surface area contributed by atoms with E-state index in [0.29, 0.717) is 11.4 Å². The first-order chi connectivity index (χ1) is 12.3. The molecule has 1 aliphatic heterocycles. The number of carboxylic acid groups (broad SMARTS) is 1. The number of hydrogen-bond donors (Lipinski definition) is 2. The maximum Gasteiger partial charge on any atom is 0.408 e. The number of ether oxygens (including phenoxy) is 1. The fraction of sp³-hybridized carbons (Fsp3) is 0.300. The van der Waals surface area contributed by atoms with E-state index in [-0.39, 0.29) is 6.61 Å². The second-order valence-electron chi connectivity index (χ2n) is 7.19. The number of benzene rings is 2. The van der Waals surface area contributed by atoms with E-state index in [4.69, 9.17) is 4.74 Å². The summed E-state index contributed by atoms with van der Waals surface area (Å²) in [5, 5.41) is 12.4. The van der Waals surface area contributed by atoms with E-state index in [1.807, 2.05) is 42.5 Å². The number of para-hydroxylation sites is 1. The van der Waals surface area contributed by atoms with Crippen molar-refractivity contribution in [1.29, 1.82) is 0 Å². The molecule has 0 radical (unpaired) electrons. The van der Waals surface area contributed by atoms with Gasteiger partial charge in [0.05, 0.1) is 5.69 Å². The van der Waals surface area contributed by atoms with E-state index in [0.717, 1.165) is 16.0 Å². The summed E-state index contributed by atoms with van der Waals surface area (Å²) in [7, 11) is 0. The van der Waals surface area contributed by atoms with Gasteiger partial charge in [-0.25, -0.2) is 4.79 Å². The van der Waals surface area contributed by atoms with E-state index in [1.165, 1.54) is 0 Å². The highest BCUT2D eigenvalue weighted by atomic mass is 16.5. The van der Waals surface area contributed by atoms with Crippen LogP contribution < -0.4 is 10.1 Å². The van der Waals surface area contributed by atoms with Crippen molar-refractivity contribution >= 4 is 17.7 Å². The first-order valence-corrected chi connectivity index (χ1v) is 8.43. The summed E-state index contributed by atoms with van der Waals surface area (Å²) in [6.45, 7) is 5.21. The predicted octanol–water partition coefficient (Wildman–Crippen LogP) is 3.83. The van der Waals surface area contributed by atoms with Crippen LogP contribution in [0.4, 0.5) is 10.5 Å². The van der Waals surface area contributed by atoms with Gasteiger partial charge in [-0.1, -0.05) is 42.5 Å². The fourth-order valence-corrected chi connectivity index (χ4v) is 3.17. The Morgan fingerprint density at radius 2 is 1.85 bits per heavy atom. The number of nitrogens with zero attached hydrogens (tertiary/aromatic N) is 1. The molecular formula is C20H22N2O4. The van der Waals surface area contributed by atoms with Gasteiger partial charge in [0.15, 0.2) is 5.75 Å². The zero-order valence-corrected chi connectivity index (χ0v) is 15.0. The lowest BCUT2D eigenvalue weighted by Crippen LogP contribution is -2.57. The first-order valence-electron chi connectivity index (χ1n) is 8.43. The van der Waals surface area contributed by atoms with Crippen molar-refractivity contribution in [1.82, 2.24) is 4.90 Å². The molecule has 0 saturated carbocycles. The third-order valence-corrected chi connectivity index (χ3v) is 4.29. The van der Waals surface area contributed by atoms with Crippen LogP contribution in [0.3, 0.4) is 0 Å². The molecule has 6 heteroatoms. The van der Waals surface area contributed by atoms with Gasteiger partial charge in [-0.2, -0.15) is 0 Å². The van der Waals surface area contributed by atoms with Crippen LogP contribution in [0.25, 0.3) is 11.1 Å². The third kappa shape index (κ3) is 3.35. The van der Waals surface area contributed by atoms with Gasteiger partial charge in [0.1, 0.15) is 12.6 Å². The van der Waals surface area contributed by atoms with Crippen molar-refractivity contribution in [2.45, 2.75) is 32.4 Å². The predicted molar refractivity (Wildman–Crippen MR) is 99.4 cm³/mol. The Hall–Kier alpha value is -3.02. The Morgan fingerprint density at radius 3 is 2.46 bits per heavy atom. The van der Waals surface area contributed by atoms with Crippen LogP contribution in [-0.4, -0.2) is 40.2 Å². The molecule has 1 aliphatic rings. The summed E-state index contributed by atoms with van der Waals surface area (Å²) in [5.41, 5.74) is 1.61. The van der Waals surface area contributed by atoms with Crippen LogP contribution in [0.1, 0.15) is 20.8 Å². The lowest BCUT2D eigenvalue weighted by atomic mass is 10.0. The number of anilines is 1. The molecule has 0 saturated heterocycles. The average Bonchev–Trinajstić information content (AvgIpc) is 2.73. The average molecular weight is 354 g/mol. The number of amides is 2. The SMILES string of the molecule is CC(C)(C)N(C(=O)O)[C@H]1COc2c(cccc2-c2ccccc2)NC1=O. The largest absolute Gasteiger partial charge is 0.488 e. The Labute approximate surface area is 152 Å². The van der Waals surface area contributed by atoms with E-state index >= 15 is 0 Å². The highest BCUT2D eigenvalue weighted by Crippen LogP contribution is 2.38. The van der Waals surface area contributed by atoms with E-state index < -0.39 is 23.6 Å². The van der Waals surface area contributed by atoms with Gasteiger partial charge in [-0.05, 0) is 32.4 Å². The number of fused-ring (bicyclic) bond motifs is 1. The number of rotatable bonds is 2. The molecule has 0 bridgehead atoms. The van der Waals surface area contributed by atoms with Crippen molar-refractivity contribution in [3.63, 3.8) is 0 Å². The summed E-state index contributed by atoms with van der Waals surface area (Å²) >= 11 is 0. The standard InChI is InChI=1S/C20H22N2O4/c1-20(2,3)22(19(24)25)16-12-26-17-14(13-8-5-4-6-9-13)10-7-11-15(17)21-18(16)23/h4-11,16H,12H2,1-3H3,(H,21,23)(H,24,25)/t16-/m0/s1. The van der Waals surface area contributed by atoms with E-state index in [1.54, 1.807) is 26.8 Å². The summed E-state index contributed by atoms with van der Waals surface area (Å²) in [4.78, 5) is 25.6. The van der Waals surface area contributed by atoms with Gasteiger partial charge in [0.2, 0.25) is 0 Å². The maximum atomic E-state index is 12.7. The molecule has 0 fully saturated rings. The summed E-state index contributed by atoms with van der Waals surface area (Å²) < 4.78 is 5.96. The van der Waals surface area contributed by atoms with Crippen LogP contribution in [0.2, 0.25) is 0 Å². The molecule has 0 spiro atoms. The van der Waals surface area contributed by atoms with E-state index in [2.05, 4.69) is 5.32 Å². The van der Waals surface area contributed by atoms with Gasteiger partial charge >= 0.3 is 6.09 Å². The van der Waals surface area contributed by atoms with Crippen LogP contribution >= 0.6 is 0 Å². The maximum absolute atomic E-state index is 12.7. The van der Waals surface area contributed by atoms with Crippen LogP contribution in [-0.2, 0) is 4.79 Å². The molecule has 136 valence electrons. The van der Waals surface area contributed by atoms with Crippen LogP contribution in [0.5, 0.6) is 5.75 Å². The van der Waals surface area contributed by atoms with Gasteiger partial charge in [0, 0.05) is 11.1 Å². The Balaban J connectivity index is 1.99. The molecule has 0 aliphatic carbocycles. The minimum atomic E-state index is -1.16. The zero-order chi connectivity index (χ0) is 18.9. The van der Waals surface area contributed by atoms with E-state index in [9.17, 15) is 14.7 Å². The van der Waals surface area contributed by atoms with Crippen molar-refractivity contribution in [2.75, 3.05) is 11.9 Å². The van der Waals surface area contributed by atoms with Crippen molar-refractivity contribution < 1.29 is 19.4 Å². The molecule has 2 aromatic rings. The molecule has 26 heavy (non-hydrogen) atoms. The van der Waals surface area contributed by atoms with Crippen LogP contribution in [0.15, 0.2) is 48.5 Å². The number of hydrogen-bond acceptors (Lipinski definition) is 3. The smallest absolute Gasteiger partial charge is 0.408 e. The molecule has 1 atom stereocenters. The normalized spacial score (nSPS) is 16.7. The topological polar surface area (TPSA) is 78.9 Å². The molecule has 2 aromatic carbocycles. The molecule has 6 nitrogen and oxygen atoms in total. The van der Waals surface area contributed by atoms with Gasteiger partial charge in [-0.3, -0.25) is 9.69 Å². The first kappa shape index (κ1) is 17.8. The summed E-state index contributed by atoms with van der Waals surface area (Å²) in [5.74, 6) is 0.153. The van der Waals surface area contributed by atoms with Gasteiger partial charge in [-0.15, -0.1) is 0 Å². The van der Waals surface area contributed by atoms with Gasteiger partial charge in [0.25, 0.3) is 5.91 Å². The Kier molecular flexibility index (Phi) is 4.59. The monoisotopic (exact) mass is 354 g/mol. The summed E-state index contributed by atoms with van der Waals surface area (Å²) in [6, 6.07) is 14.3. The second kappa shape index (κ2) is 6.71. The second-order valence-corrected chi connectivity index (χ2v) is 7.19. The molecule has 3 rings (SSSR count). The highest BCUT2D eigenvalue weighted by molar-refractivity contribution is 6.00. The zero-order valence-electron chi connectivity index (χ0n) is 15.0. The van der Waals surface area contributed by atoms with Crippen molar-refractivity contribution in [3.05, 3.63) is 48.5 Å². The minimum absolute atomic E-state index is 0.0494. The van der Waals surface area contributed by atoms with Crippen molar-refractivity contribution in [3.8, 4) is 16.9 Å². The lowest BCUT2D eigenvalue weighted by molar-refractivity contribution is -0.123. The Morgan fingerprint density at radius 1 is 1.15 bits per heavy atom. The number of carbonyl (C=O) groups excluding carboxylic acids is 1. The van der Waals surface area contributed by atoms with Crippen LogP contribution in [0, 0.1) is 0 Å². The van der Waals surface area contributed by atoms with Crippen molar-refractivity contribution in [2.24, 2.45) is 0 Å². The molecule has 0 unspecified atom stereocenters. The highest BCUT2D eigenvalue weighted by Gasteiger charge is 2.39. The number of carbonyl (C=O) groups is 2. The van der Waals surface area contributed by atoms with Gasteiger partial charge < -0.3 is 15.2 Å². The fourth-order valence-electron chi connectivity index (χ4n) is 3.17. The number of nitrogens with one attached hydrogen (secondary N) is 1. The Bertz CT molecular complexity index is 827. The minimum Gasteiger partial charge on any atom is -0.488 e. The third-order valence-electron chi connectivity index (χ3n) is 4.29. The molecule has 2 amide bonds. The quantitative estimate of drug-likeness (QED) is 0.859. The molecule has 2 N–H and O–H groups in total. The summed E-state index contributed by atoms with van der Waals surface area (Å²) in [6.07, 6.45) is -1.16.